The minimum Gasteiger partial charge on any atom is -0.496 e. The highest BCUT2D eigenvalue weighted by atomic mass is 35.5. The zero-order chi connectivity index (χ0) is 16.6. The predicted octanol–water partition coefficient (Wildman–Crippen LogP) is 1.91. The van der Waals surface area contributed by atoms with Crippen molar-refractivity contribution in [2.75, 3.05) is 33.4 Å². The van der Waals surface area contributed by atoms with E-state index in [4.69, 9.17) is 21.1 Å². The maximum Gasteiger partial charge on any atom is 0.311 e. The summed E-state index contributed by atoms with van der Waals surface area (Å²) >= 11 is 5.92. The van der Waals surface area contributed by atoms with Gasteiger partial charge in [-0.2, -0.15) is 0 Å². The molecule has 0 spiro atoms. The number of carboxylic acids is 1. The van der Waals surface area contributed by atoms with E-state index in [2.05, 4.69) is 0 Å². The summed E-state index contributed by atoms with van der Waals surface area (Å²) in [4.78, 5) is 26.2. The number of methoxy groups -OCH3 is 1. The number of carbonyl (C=O) groups is 2. The molecule has 2 saturated heterocycles. The zero-order valence-electron chi connectivity index (χ0n) is 12.8. The largest absolute Gasteiger partial charge is 0.496 e. The fourth-order valence-corrected chi connectivity index (χ4v) is 3.63. The molecule has 2 aliphatic rings. The SMILES string of the molecule is COc1cc(Cl)ccc1C(=O)N1C[C@H]2COCC[C@@]2(C(=O)O)C1. The number of aliphatic carboxylic acids is 1. The molecule has 0 bridgehead atoms. The van der Waals surface area contributed by atoms with Gasteiger partial charge in [0.05, 0.1) is 24.7 Å². The Morgan fingerprint density at radius 1 is 1.48 bits per heavy atom. The van der Waals surface area contributed by atoms with Crippen LogP contribution in [0.25, 0.3) is 0 Å². The Morgan fingerprint density at radius 3 is 2.91 bits per heavy atom. The van der Waals surface area contributed by atoms with Crippen LogP contribution in [0.1, 0.15) is 16.8 Å². The molecule has 1 aromatic carbocycles. The number of halogens is 1. The maximum absolute atomic E-state index is 12.8. The van der Waals surface area contributed by atoms with Crippen LogP contribution in [0.4, 0.5) is 0 Å². The fraction of sp³-hybridized carbons (Fsp3) is 0.500. The highest BCUT2D eigenvalue weighted by Crippen LogP contribution is 2.43. The van der Waals surface area contributed by atoms with Crippen LogP contribution in [0.3, 0.4) is 0 Å². The number of hydrogen-bond donors (Lipinski definition) is 1. The summed E-state index contributed by atoms with van der Waals surface area (Å²) in [7, 11) is 1.47. The molecule has 0 aliphatic carbocycles. The van der Waals surface area contributed by atoms with Crippen molar-refractivity contribution in [1.82, 2.24) is 4.90 Å². The Balaban J connectivity index is 1.88. The maximum atomic E-state index is 12.8. The molecular weight excluding hydrogens is 322 g/mol. The van der Waals surface area contributed by atoms with Crippen molar-refractivity contribution in [3.8, 4) is 5.75 Å². The zero-order valence-corrected chi connectivity index (χ0v) is 13.5. The minimum absolute atomic E-state index is 0.184. The molecule has 23 heavy (non-hydrogen) atoms. The molecule has 0 unspecified atom stereocenters. The smallest absolute Gasteiger partial charge is 0.311 e. The van der Waals surface area contributed by atoms with E-state index in [1.165, 1.54) is 7.11 Å². The third-order valence-corrected chi connectivity index (χ3v) is 5.05. The highest BCUT2D eigenvalue weighted by molar-refractivity contribution is 6.30. The first-order valence-corrected chi connectivity index (χ1v) is 7.79. The van der Waals surface area contributed by atoms with Gasteiger partial charge in [-0.3, -0.25) is 9.59 Å². The molecular formula is C16H18ClNO5. The molecule has 7 heteroatoms. The van der Waals surface area contributed by atoms with Crippen molar-refractivity contribution < 1.29 is 24.2 Å². The number of fused-ring (bicyclic) bond motifs is 1. The molecule has 3 rings (SSSR count). The Morgan fingerprint density at radius 2 is 2.26 bits per heavy atom. The van der Waals surface area contributed by atoms with Gasteiger partial charge in [0.15, 0.2) is 0 Å². The number of ether oxygens (including phenoxy) is 2. The second-order valence-corrected chi connectivity index (χ2v) is 6.45. The molecule has 2 aliphatic heterocycles. The lowest BCUT2D eigenvalue weighted by atomic mass is 9.74. The van der Waals surface area contributed by atoms with Crippen molar-refractivity contribution in [2.45, 2.75) is 6.42 Å². The average Bonchev–Trinajstić information content (AvgIpc) is 2.95. The Labute approximate surface area is 138 Å². The standard InChI is InChI=1S/C16H18ClNO5/c1-22-13-6-11(17)2-3-12(13)14(19)18-7-10-8-23-5-4-16(10,9-18)15(20)21/h2-3,6,10H,4-5,7-9H2,1H3,(H,20,21)/t10-,16+/m0/s1. The quantitative estimate of drug-likeness (QED) is 0.910. The highest BCUT2D eigenvalue weighted by Gasteiger charge is 2.55. The van der Waals surface area contributed by atoms with E-state index >= 15 is 0 Å². The van der Waals surface area contributed by atoms with Crippen molar-refractivity contribution in [3.05, 3.63) is 28.8 Å². The van der Waals surface area contributed by atoms with Gasteiger partial charge >= 0.3 is 5.97 Å². The van der Waals surface area contributed by atoms with Crippen LogP contribution >= 0.6 is 11.6 Å². The lowest BCUT2D eigenvalue weighted by molar-refractivity contribution is -0.157. The molecule has 0 saturated carbocycles. The summed E-state index contributed by atoms with van der Waals surface area (Å²) in [6, 6.07) is 4.81. The van der Waals surface area contributed by atoms with Crippen LogP contribution in [-0.2, 0) is 9.53 Å². The molecule has 6 nitrogen and oxygen atoms in total. The van der Waals surface area contributed by atoms with Gasteiger partial charge in [-0.15, -0.1) is 0 Å². The summed E-state index contributed by atoms with van der Waals surface area (Å²) in [5.41, 5.74) is -0.523. The van der Waals surface area contributed by atoms with Crippen molar-refractivity contribution >= 4 is 23.5 Å². The summed E-state index contributed by atoms with van der Waals surface area (Å²) in [5, 5.41) is 10.1. The topological polar surface area (TPSA) is 76.1 Å². The van der Waals surface area contributed by atoms with E-state index in [0.29, 0.717) is 42.5 Å². The lowest BCUT2D eigenvalue weighted by Crippen LogP contribution is -2.45. The number of hydrogen-bond acceptors (Lipinski definition) is 4. The molecule has 2 fully saturated rings. The number of carboxylic acid groups (broad SMARTS) is 1. The summed E-state index contributed by atoms with van der Waals surface area (Å²) in [6.45, 7) is 1.35. The van der Waals surface area contributed by atoms with Crippen LogP contribution in [0.2, 0.25) is 5.02 Å². The monoisotopic (exact) mass is 339 g/mol. The number of likely N-dealkylation sites (tertiary alicyclic amines) is 1. The van der Waals surface area contributed by atoms with Crippen molar-refractivity contribution in [1.29, 1.82) is 0 Å². The predicted molar refractivity (Wildman–Crippen MR) is 82.9 cm³/mol. The lowest BCUT2D eigenvalue weighted by Gasteiger charge is -2.33. The van der Waals surface area contributed by atoms with Crippen LogP contribution < -0.4 is 4.74 Å². The number of amides is 1. The summed E-state index contributed by atoms with van der Waals surface area (Å²) in [5.74, 6) is -0.897. The van der Waals surface area contributed by atoms with Crippen LogP contribution in [0.5, 0.6) is 5.75 Å². The molecule has 2 atom stereocenters. The van der Waals surface area contributed by atoms with E-state index in [0.717, 1.165) is 0 Å². The van der Waals surface area contributed by atoms with E-state index in [-0.39, 0.29) is 18.4 Å². The van der Waals surface area contributed by atoms with Gasteiger partial charge in [0.1, 0.15) is 5.75 Å². The molecule has 2 heterocycles. The van der Waals surface area contributed by atoms with E-state index in [9.17, 15) is 14.7 Å². The van der Waals surface area contributed by atoms with E-state index < -0.39 is 11.4 Å². The van der Waals surface area contributed by atoms with Crippen LogP contribution in [0.15, 0.2) is 18.2 Å². The average molecular weight is 340 g/mol. The summed E-state index contributed by atoms with van der Waals surface area (Å²) < 4.78 is 10.6. The second-order valence-electron chi connectivity index (χ2n) is 6.01. The fourth-order valence-electron chi connectivity index (χ4n) is 3.47. The molecule has 0 radical (unpaired) electrons. The first-order valence-electron chi connectivity index (χ1n) is 7.42. The second kappa shape index (κ2) is 6.02. The van der Waals surface area contributed by atoms with Gasteiger partial charge in [0.2, 0.25) is 0 Å². The molecule has 1 amide bonds. The first kappa shape index (κ1) is 16.1. The third-order valence-electron chi connectivity index (χ3n) is 4.81. The van der Waals surface area contributed by atoms with Crippen molar-refractivity contribution in [3.63, 3.8) is 0 Å². The first-order chi connectivity index (χ1) is 11.0. The van der Waals surface area contributed by atoms with Gasteiger partial charge in [0.25, 0.3) is 5.91 Å². The van der Waals surface area contributed by atoms with E-state index in [1.54, 1.807) is 23.1 Å². The van der Waals surface area contributed by atoms with Crippen LogP contribution in [0, 0.1) is 11.3 Å². The van der Waals surface area contributed by atoms with Gasteiger partial charge in [-0.25, -0.2) is 0 Å². The van der Waals surface area contributed by atoms with Crippen LogP contribution in [-0.4, -0.2) is 55.3 Å². The molecule has 124 valence electrons. The van der Waals surface area contributed by atoms with E-state index in [1.807, 2.05) is 0 Å². The van der Waals surface area contributed by atoms with Gasteiger partial charge in [-0.05, 0) is 24.6 Å². The molecule has 0 aromatic heterocycles. The Bertz CT molecular complexity index is 649. The Kier molecular flexibility index (Phi) is 4.21. The number of carbonyl (C=O) groups excluding carboxylic acids is 1. The minimum atomic E-state index is -0.909. The van der Waals surface area contributed by atoms with Gasteiger partial charge in [0, 0.05) is 30.6 Å². The normalized spacial score (nSPS) is 26.7. The molecule has 1 aromatic rings. The van der Waals surface area contributed by atoms with Gasteiger partial charge < -0.3 is 19.5 Å². The number of nitrogens with zero attached hydrogens (tertiary/aromatic N) is 1. The van der Waals surface area contributed by atoms with Gasteiger partial charge in [-0.1, -0.05) is 11.6 Å². The van der Waals surface area contributed by atoms with Crippen molar-refractivity contribution in [2.24, 2.45) is 11.3 Å². The number of rotatable bonds is 3. The summed E-state index contributed by atoms with van der Waals surface area (Å²) in [6.07, 6.45) is 0.425. The number of benzene rings is 1. The Hall–Kier alpha value is -1.79. The molecule has 1 N–H and O–H groups in total. The third kappa shape index (κ3) is 2.66.